The molecule has 0 N–H and O–H groups in total. The zero-order valence-corrected chi connectivity index (χ0v) is 9.69. The van der Waals surface area contributed by atoms with Gasteiger partial charge >= 0.3 is 68.9 Å². The minimum absolute atomic E-state index is 0. The molecule has 0 aromatic rings. The summed E-state index contributed by atoms with van der Waals surface area (Å²) in [5.41, 5.74) is 0. The maximum atomic E-state index is 4.25. The van der Waals surface area contributed by atoms with Crippen molar-refractivity contribution in [1.29, 1.82) is 0 Å². The van der Waals surface area contributed by atoms with Gasteiger partial charge in [0, 0.05) is 14.2 Å². The van der Waals surface area contributed by atoms with Gasteiger partial charge in [0.15, 0.2) is 0 Å². The summed E-state index contributed by atoms with van der Waals surface area (Å²) in [6.45, 7) is 0. The molecule has 4 heavy (non-hydrogen) atoms. The van der Waals surface area contributed by atoms with Crippen LogP contribution in [0.15, 0.2) is 0 Å². The Labute approximate surface area is 87.0 Å². The van der Waals surface area contributed by atoms with E-state index in [9.17, 15) is 0 Å². The van der Waals surface area contributed by atoms with Crippen LogP contribution in [0.1, 0.15) is 1.43 Å². The topological polar surface area (TPSA) is 9.23 Å². The van der Waals surface area contributed by atoms with E-state index in [0.717, 1.165) is 0 Å². The Balaban J connectivity index is -0.0000000200. The molecule has 22 valence electrons. The van der Waals surface area contributed by atoms with Crippen LogP contribution in [-0.4, -0.2) is 14.2 Å². The van der Waals surface area contributed by atoms with Crippen LogP contribution in [0.4, 0.5) is 0 Å². The second-order valence-corrected chi connectivity index (χ2v) is 0.408. The van der Waals surface area contributed by atoms with Gasteiger partial charge < -0.3 is 6.16 Å². The normalized spacial score (nSPS) is 4.50. The Kier molecular flexibility index (Phi) is 20.9. The summed E-state index contributed by atoms with van der Waals surface area (Å²) >= 11 is 0. The van der Waals surface area contributed by atoms with E-state index in [2.05, 4.69) is 4.74 Å². The molecule has 0 saturated heterocycles. The third-order valence-electron chi connectivity index (χ3n) is 0. The van der Waals surface area contributed by atoms with Gasteiger partial charge in [0.2, 0.25) is 0 Å². The molecule has 0 rings (SSSR count). The number of ether oxygens (including phenoxy) is 1. The Morgan fingerprint density at radius 2 is 1.50 bits per heavy atom. The van der Waals surface area contributed by atoms with Gasteiger partial charge in [-0.3, -0.25) is 0 Å². The molecule has 0 aliphatic rings. The zero-order chi connectivity index (χ0) is 2.71. The van der Waals surface area contributed by atoms with Crippen molar-refractivity contribution < 1.29 is 75.1 Å². The summed E-state index contributed by atoms with van der Waals surface area (Å²) in [6.07, 6.45) is 0. The number of hydrogen-bond acceptors (Lipinski definition) is 1. The Bertz CT molecular complexity index is 9.61. The van der Waals surface area contributed by atoms with Gasteiger partial charge in [-0.15, -0.1) is 0 Å². The van der Waals surface area contributed by atoms with Crippen molar-refractivity contribution in [2.24, 2.45) is 0 Å². The molecule has 0 fully saturated rings. The molecular weight excluding hydrogens is 173 g/mol. The molecule has 0 aromatic heterocycles. The largest absolute Gasteiger partial charge is 1.00 e. The SMILES string of the molecule is COC.[Cs+].[H-]. The van der Waals surface area contributed by atoms with E-state index < -0.39 is 0 Å². The van der Waals surface area contributed by atoms with Gasteiger partial charge in [0.1, 0.15) is 0 Å². The average molecular weight is 180 g/mol. The van der Waals surface area contributed by atoms with Crippen molar-refractivity contribution in [3.8, 4) is 0 Å². The van der Waals surface area contributed by atoms with Crippen molar-refractivity contribution in [3.63, 3.8) is 0 Å². The molecule has 1 nitrogen and oxygen atoms in total. The molecule has 0 amide bonds. The van der Waals surface area contributed by atoms with E-state index in [0.29, 0.717) is 0 Å². The number of rotatable bonds is 0. The monoisotopic (exact) mass is 180 g/mol. The van der Waals surface area contributed by atoms with Crippen LogP contribution in [0.2, 0.25) is 0 Å². The van der Waals surface area contributed by atoms with Crippen molar-refractivity contribution in [3.05, 3.63) is 0 Å². The molecule has 0 aromatic carbocycles. The Morgan fingerprint density at radius 1 is 1.50 bits per heavy atom. The summed E-state index contributed by atoms with van der Waals surface area (Å²) in [6, 6.07) is 0. The van der Waals surface area contributed by atoms with Crippen LogP contribution >= 0.6 is 0 Å². The molecule has 0 radical (unpaired) electrons. The van der Waals surface area contributed by atoms with E-state index in [-0.39, 0.29) is 70.3 Å². The fourth-order valence-corrected chi connectivity index (χ4v) is 0. The predicted molar refractivity (Wildman–Crippen MR) is 14.0 cm³/mol. The number of methoxy groups -OCH3 is 1. The summed E-state index contributed by atoms with van der Waals surface area (Å²) in [7, 11) is 3.25. The summed E-state index contributed by atoms with van der Waals surface area (Å²) in [5, 5.41) is 0. The van der Waals surface area contributed by atoms with E-state index >= 15 is 0 Å². The van der Waals surface area contributed by atoms with Crippen LogP contribution in [0.5, 0.6) is 0 Å². The minimum atomic E-state index is 0. The van der Waals surface area contributed by atoms with Crippen molar-refractivity contribution in [2.75, 3.05) is 14.2 Å². The second kappa shape index (κ2) is 8.89. The molecule has 0 unspecified atom stereocenters. The molecule has 2 heteroatoms. The van der Waals surface area contributed by atoms with E-state index in [1.54, 1.807) is 14.2 Å². The van der Waals surface area contributed by atoms with E-state index in [1.807, 2.05) is 0 Å². The zero-order valence-electron chi connectivity index (χ0n) is 4.41. The Morgan fingerprint density at radius 3 is 1.50 bits per heavy atom. The smallest absolute Gasteiger partial charge is 1.00 e. The first kappa shape index (κ1) is 9.38. The quantitative estimate of drug-likeness (QED) is 0.396. The maximum absolute atomic E-state index is 4.25. The van der Waals surface area contributed by atoms with Crippen LogP contribution < -0.4 is 68.9 Å². The standard InChI is InChI=1S/C2H6O.Cs.H/c1-3-2;;/h1-2H3;;/q;+1;-1. The van der Waals surface area contributed by atoms with Crippen LogP contribution in [0.25, 0.3) is 0 Å². The van der Waals surface area contributed by atoms with Crippen LogP contribution in [-0.2, 0) is 4.74 Å². The van der Waals surface area contributed by atoms with Gasteiger partial charge in [-0.2, -0.15) is 0 Å². The average Bonchev–Trinajstić information content (AvgIpc) is 0.918. The predicted octanol–water partition coefficient (Wildman–Crippen LogP) is -2.62. The van der Waals surface area contributed by atoms with Crippen molar-refractivity contribution >= 4 is 0 Å². The molecule has 0 aliphatic heterocycles. The first-order valence-corrected chi connectivity index (χ1v) is 0.816. The van der Waals surface area contributed by atoms with Crippen molar-refractivity contribution in [1.82, 2.24) is 0 Å². The van der Waals surface area contributed by atoms with Gasteiger partial charge in [0.25, 0.3) is 0 Å². The van der Waals surface area contributed by atoms with Gasteiger partial charge in [-0.05, 0) is 0 Å². The maximum Gasteiger partial charge on any atom is 1.00 e. The fourth-order valence-electron chi connectivity index (χ4n) is 0. The summed E-state index contributed by atoms with van der Waals surface area (Å²) in [4.78, 5) is 0. The van der Waals surface area contributed by atoms with Gasteiger partial charge in [-0.1, -0.05) is 0 Å². The molecule has 0 atom stereocenters. The first-order chi connectivity index (χ1) is 1.41. The first-order valence-electron chi connectivity index (χ1n) is 0.816. The fraction of sp³-hybridized carbons (Fsp3) is 1.00. The molecule has 0 heterocycles. The Hall–Kier alpha value is 2.01. The van der Waals surface area contributed by atoms with Gasteiger partial charge in [-0.25, -0.2) is 0 Å². The third-order valence-corrected chi connectivity index (χ3v) is 0. The molecule has 0 spiro atoms. The second-order valence-electron chi connectivity index (χ2n) is 0.408. The number of hydrogen-bond donors (Lipinski definition) is 0. The molecule has 0 saturated carbocycles. The van der Waals surface area contributed by atoms with Gasteiger partial charge in [0.05, 0.1) is 0 Å². The van der Waals surface area contributed by atoms with Crippen LogP contribution in [0.3, 0.4) is 0 Å². The summed E-state index contributed by atoms with van der Waals surface area (Å²) in [5.74, 6) is 0. The van der Waals surface area contributed by atoms with Crippen LogP contribution in [0, 0.1) is 0 Å². The van der Waals surface area contributed by atoms with Crippen molar-refractivity contribution in [2.45, 2.75) is 0 Å². The van der Waals surface area contributed by atoms with E-state index in [4.69, 9.17) is 0 Å². The molecule has 0 aliphatic carbocycles. The molecular formula is C2H7CsO. The minimum Gasteiger partial charge on any atom is -1.00 e. The third kappa shape index (κ3) is 8.99. The molecule has 0 bridgehead atoms. The van der Waals surface area contributed by atoms with E-state index in [1.165, 1.54) is 0 Å². The summed E-state index contributed by atoms with van der Waals surface area (Å²) < 4.78 is 4.25.